The fourth-order valence-corrected chi connectivity index (χ4v) is 0.841. The van der Waals surface area contributed by atoms with Crippen molar-refractivity contribution >= 4 is 11.6 Å². The Bertz CT molecular complexity index is 307. The normalized spacial score (nSPS) is 9.27. The van der Waals surface area contributed by atoms with E-state index in [0.29, 0.717) is 0 Å². The summed E-state index contributed by atoms with van der Waals surface area (Å²) < 4.78 is 25.1. The van der Waals surface area contributed by atoms with Crippen molar-refractivity contribution in [2.45, 2.75) is 0 Å². The molecular weight excluding hydrogens is 172 g/mol. The summed E-state index contributed by atoms with van der Waals surface area (Å²) in [6.07, 6.45) is 0. The van der Waals surface area contributed by atoms with Gasteiger partial charge in [-0.1, -0.05) is 11.6 Å². The van der Waals surface area contributed by atoms with Crippen molar-refractivity contribution in [1.29, 1.82) is 5.26 Å². The highest BCUT2D eigenvalue weighted by Gasteiger charge is 2.08. The first-order valence-corrected chi connectivity index (χ1v) is 3.07. The van der Waals surface area contributed by atoms with Gasteiger partial charge in [0.15, 0.2) is 0 Å². The van der Waals surface area contributed by atoms with Gasteiger partial charge in [-0.15, -0.1) is 0 Å². The molecule has 0 atom stereocenters. The molecule has 0 radical (unpaired) electrons. The first kappa shape index (κ1) is 7.96. The van der Waals surface area contributed by atoms with Crippen LogP contribution in [-0.4, -0.2) is 0 Å². The molecule has 0 heterocycles. The average Bonchev–Trinajstić information content (AvgIpc) is 1.85. The molecule has 0 aliphatic carbocycles. The predicted molar refractivity (Wildman–Crippen MR) is 36.1 cm³/mol. The summed E-state index contributed by atoms with van der Waals surface area (Å²) in [4.78, 5) is 0. The third-order valence-electron chi connectivity index (χ3n) is 1.12. The molecule has 0 fully saturated rings. The molecule has 11 heavy (non-hydrogen) atoms. The lowest BCUT2D eigenvalue weighted by Gasteiger charge is -1.95. The lowest BCUT2D eigenvalue weighted by molar-refractivity contribution is 0.577. The van der Waals surface area contributed by atoms with E-state index in [9.17, 15) is 8.78 Å². The summed E-state index contributed by atoms with van der Waals surface area (Å²) in [6.45, 7) is 0. The van der Waals surface area contributed by atoms with Crippen molar-refractivity contribution in [2.24, 2.45) is 0 Å². The minimum absolute atomic E-state index is 0.0565. The maximum absolute atomic E-state index is 12.6. The minimum atomic E-state index is -0.933. The van der Waals surface area contributed by atoms with Crippen molar-refractivity contribution < 1.29 is 8.78 Å². The largest absolute Gasteiger partial charge is 0.205 e. The molecule has 0 amide bonds. The number of halogens is 3. The smallest absolute Gasteiger partial charge is 0.145 e. The van der Waals surface area contributed by atoms with Crippen molar-refractivity contribution in [2.75, 3.05) is 0 Å². The molecule has 1 aromatic carbocycles. The Labute approximate surface area is 66.8 Å². The van der Waals surface area contributed by atoms with E-state index in [-0.39, 0.29) is 5.02 Å². The van der Waals surface area contributed by atoms with E-state index in [4.69, 9.17) is 16.9 Å². The third kappa shape index (κ3) is 1.47. The van der Waals surface area contributed by atoms with Crippen LogP contribution in [0.2, 0.25) is 5.02 Å². The summed E-state index contributed by atoms with van der Waals surface area (Å²) in [7, 11) is 0. The number of nitrogens with zero attached hydrogens (tertiary/aromatic N) is 1. The highest BCUT2D eigenvalue weighted by molar-refractivity contribution is 6.30. The number of hydrogen-bond donors (Lipinski definition) is 0. The van der Waals surface area contributed by atoms with Crippen LogP contribution in [0.25, 0.3) is 0 Å². The van der Waals surface area contributed by atoms with Crippen LogP contribution >= 0.6 is 11.6 Å². The van der Waals surface area contributed by atoms with Crippen LogP contribution in [0.15, 0.2) is 12.1 Å². The molecule has 0 saturated carbocycles. The van der Waals surface area contributed by atoms with Gasteiger partial charge in [0.05, 0.1) is 0 Å². The Kier molecular flexibility index (Phi) is 2.06. The lowest BCUT2D eigenvalue weighted by atomic mass is 10.2. The van der Waals surface area contributed by atoms with Gasteiger partial charge in [-0.25, -0.2) is 8.78 Å². The summed E-state index contributed by atoms with van der Waals surface area (Å²) in [5.41, 5.74) is -0.602. The summed E-state index contributed by atoms with van der Waals surface area (Å²) in [5, 5.41) is 8.16. The monoisotopic (exact) mass is 173 g/mol. The summed E-state index contributed by atoms with van der Waals surface area (Å²) >= 11 is 5.29. The van der Waals surface area contributed by atoms with E-state index >= 15 is 0 Å². The molecule has 0 spiro atoms. The number of rotatable bonds is 0. The van der Waals surface area contributed by atoms with Gasteiger partial charge in [0.1, 0.15) is 23.3 Å². The van der Waals surface area contributed by atoms with Crippen molar-refractivity contribution in [3.05, 3.63) is 34.4 Å². The molecule has 1 aromatic rings. The van der Waals surface area contributed by atoms with Crippen molar-refractivity contribution in [1.82, 2.24) is 0 Å². The summed E-state index contributed by atoms with van der Waals surface area (Å²) in [6, 6.07) is 3.17. The van der Waals surface area contributed by atoms with Crippen LogP contribution in [0.1, 0.15) is 5.56 Å². The van der Waals surface area contributed by atoms with Crippen LogP contribution in [0.3, 0.4) is 0 Å². The Morgan fingerprint density at radius 3 is 2.09 bits per heavy atom. The van der Waals surface area contributed by atoms with Crippen LogP contribution in [-0.2, 0) is 0 Å². The first-order chi connectivity index (χ1) is 5.15. The van der Waals surface area contributed by atoms with Crippen molar-refractivity contribution in [3.63, 3.8) is 0 Å². The second-order valence-electron chi connectivity index (χ2n) is 1.86. The van der Waals surface area contributed by atoms with Crippen LogP contribution < -0.4 is 0 Å². The Morgan fingerprint density at radius 1 is 1.27 bits per heavy atom. The third-order valence-corrected chi connectivity index (χ3v) is 1.34. The Morgan fingerprint density at radius 2 is 1.73 bits per heavy atom. The average molecular weight is 174 g/mol. The molecule has 0 N–H and O–H groups in total. The highest BCUT2D eigenvalue weighted by atomic mass is 35.5. The molecule has 0 aliphatic heterocycles. The molecule has 0 unspecified atom stereocenters. The zero-order valence-electron chi connectivity index (χ0n) is 5.24. The van der Waals surface area contributed by atoms with Gasteiger partial charge in [0, 0.05) is 5.02 Å². The first-order valence-electron chi connectivity index (χ1n) is 2.70. The van der Waals surface area contributed by atoms with Gasteiger partial charge < -0.3 is 0 Å². The predicted octanol–water partition coefficient (Wildman–Crippen LogP) is 2.49. The standard InChI is InChI=1S/C7H2ClF2N/c8-4-1-6(9)5(3-11)7(10)2-4/h1-2H. The number of benzene rings is 1. The van der Waals surface area contributed by atoms with E-state index in [1.165, 1.54) is 6.07 Å². The van der Waals surface area contributed by atoms with Gasteiger partial charge in [-0.2, -0.15) is 5.26 Å². The number of hydrogen-bond acceptors (Lipinski definition) is 1. The molecular formula is C7H2ClF2N. The fraction of sp³-hybridized carbons (Fsp3) is 0. The van der Waals surface area contributed by atoms with Gasteiger partial charge in [-0.05, 0) is 12.1 Å². The zero-order valence-corrected chi connectivity index (χ0v) is 5.99. The summed E-state index contributed by atoms with van der Waals surface area (Å²) in [5.74, 6) is -1.87. The zero-order chi connectivity index (χ0) is 8.43. The van der Waals surface area contributed by atoms with E-state index < -0.39 is 17.2 Å². The minimum Gasteiger partial charge on any atom is -0.205 e. The molecule has 0 aromatic heterocycles. The molecule has 0 bridgehead atoms. The number of nitriles is 1. The van der Waals surface area contributed by atoms with E-state index in [2.05, 4.69) is 0 Å². The van der Waals surface area contributed by atoms with Crippen LogP contribution in [0.5, 0.6) is 0 Å². The van der Waals surface area contributed by atoms with Gasteiger partial charge in [-0.3, -0.25) is 0 Å². The fourth-order valence-electron chi connectivity index (χ4n) is 0.649. The Balaban J connectivity index is 3.40. The second kappa shape index (κ2) is 2.85. The molecule has 56 valence electrons. The lowest BCUT2D eigenvalue weighted by Crippen LogP contribution is -1.88. The molecule has 0 aliphatic rings. The van der Waals surface area contributed by atoms with Gasteiger partial charge >= 0.3 is 0 Å². The SMILES string of the molecule is N#Cc1c(F)cc(Cl)cc1F. The molecule has 4 heteroatoms. The quantitative estimate of drug-likeness (QED) is 0.591. The maximum atomic E-state index is 12.6. The molecule has 1 nitrogen and oxygen atoms in total. The second-order valence-corrected chi connectivity index (χ2v) is 2.29. The molecule has 0 saturated heterocycles. The maximum Gasteiger partial charge on any atom is 0.145 e. The van der Waals surface area contributed by atoms with E-state index in [1.807, 2.05) is 0 Å². The van der Waals surface area contributed by atoms with Crippen molar-refractivity contribution in [3.8, 4) is 6.07 Å². The van der Waals surface area contributed by atoms with E-state index in [0.717, 1.165) is 12.1 Å². The van der Waals surface area contributed by atoms with Gasteiger partial charge in [0.2, 0.25) is 0 Å². The highest BCUT2D eigenvalue weighted by Crippen LogP contribution is 2.17. The molecule has 1 rings (SSSR count). The van der Waals surface area contributed by atoms with Crippen LogP contribution in [0.4, 0.5) is 8.78 Å². The topological polar surface area (TPSA) is 23.8 Å². The van der Waals surface area contributed by atoms with Gasteiger partial charge in [0.25, 0.3) is 0 Å². The Hall–Kier alpha value is -1.14. The van der Waals surface area contributed by atoms with E-state index in [1.54, 1.807) is 0 Å². The van der Waals surface area contributed by atoms with Crippen LogP contribution in [0, 0.1) is 23.0 Å².